The molecule has 2 rings (SSSR count). The van der Waals surface area contributed by atoms with E-state index in [9.17, 15) is 4.39 Å². The van der Waals surface area contributed by atoms with E-state index in [2.05, 4.69) is 31.3 Å². The van der Waals surface area contributed by atoms with Gasteiger partial charge in [-0.1, -0.05) is 44.2 Å². The topological polar surface area (TPSA) is 21.3 Å². The van der Waals surface area contributed by atoms with Crippen LogP contribution in [0.1, 0.15) is 19.4 Å². The second kappa shape index (κ2) is 5.95. The van der Waals surface area contributed by atoms with Crippen LogP contribution in [-0.4, -0.2) is 13.7 Å². The number of benzene rings is 2. The van der Waals surface area contributed by atoms with Crippen LogP contribution in [0.25, 0.3) is 0 Å². The first kappa shape index (κ1) is 14.4. The number of hydrogen-bond donors (Lipinski definition) is 1. The third-order valence-corrected chi connectivity index (χ3v) is 3.44. The largest absolute Gasteiger partial charge is 0.494 e. The SMILES string of the molecule is COc1ccc(NCC(C)(C)c2ccccc2)cc1F. The van der Waals surface area contributed by atoms with Crippen LogP contribution >= 0.6 is 0 Å². The third kappa shape index (κ3) is 3.29. The highest BCUT2D eigenvalue weighted by Gasteiger charge is 2.20. The van der Waals surface area contributed by atoms with Crippen LogP contribution in [0, 0.1) is 5.82 Å². The van der Waals surface area contributed by atoms with Crippen LogP contribution in [0.5, 0.6) is 5.75 Å². The molecule has 0 aliphatic rings. The van der Waals surface area contributed by atoms with E-state index in [-0.39, 0.29) is 17.0 Å². The van der Waals surface area contributed by atoms with Gasteiger partial charge in [-0.25, -0.2) is 4.39 Å². The Kier molecular flexibility index (Phi) is 4.28. The Bertz CT molecular complexity index is 566. The molecular formula is C17H20FNO. The minimum atomic E-state index is -0.352. The molecule has 20 heavy (non-hydrogen) atoms. The van der Waals surface area contributed by atoms with Crippen molar-refractivity contribution < 1.29 is 9.13 Å². The zero-order valence-corrected chi connectivity index (χ0v) is 12.1. The van der Waals surface area contributed by atoms with Crippen LogP contribution in [0.4, 0.5) is 10.1 Å². The van der Waals surface area contributed by atoms with Crippen molar-refractivity contribution in [3.63, 3.8) is 0 Å². The van der Waals surface area contributed by atoms with Crippen LogP contribution < -0.4 is 10.1 Å². The van der Waals surface area contributed by atoms with Gasteiger partial charge in [0.25, 0.3) is 0 Å². The van der Waals surface area contributed by atoms with E-state index < -0.39 is 0 Å². The van der Waals surface area contributed by atoms with E-state index in [0.717, 1.165) is 12.2 Å². The first-order valence-electron chi connectivity index (χ1n) is 6.66. The van der Waals surface area contributed by atoms with Gasteiger partial charge in [0.1, 0.15) is 0 Å². The van der Waals surface area contributed by atoms with Gasteiger partial charge in [0.05, 0.1) is 7.11 Å². The average Bonchev–Trinajstić information content (AvgIpc) is 2.46. The van der Waals surface area contributed by atoms with Gasteiger partial charge in [0.15, 0.2) is 11.6 Å². The highest BCUT2D eigenvalue weighted by Crippen LogP contribution is 2.25. The molecule has 2 aromatic carbocycles. The number of ether oxygens (including phenoxy) is 1. The van der Waals surface area contributed by atoms with Crippen LogP contribution in [0.3, 0.4) is 0 Å². The molecule has 106 valence electrons. The lowest BCUT2D eigenvalue weighted by Gasteiger charge is -2.26. The molecule has 0 fully saturated rings. The molecular weight excluding hydrogens is 253 g/mol. The monoisotopic (exact) mass is 273 g/mol. The van der Waals surface area contributed by atoms with E-state index in [0.29, 0.717) is 0 Å². The third-order valence-electron chi connectivity index (χ3n) is 3.44. The fourth-order valence-electron chi connectivity index (χ4n) is 2.09. The number of rotatable bonds is 5. The lowest BCUT2D eigenvalue weighted by atomic mass is 9.84. The second-order valence-corrected chi connectivity index (χ2v) is 5.45. The fraction of sp³-hybridized carbons (Fsp3) is 0.294. The molecule has 0 spiro atoms. The number of anilines is 1. The van der Waals surface area contributed by atoms with Gasteiger partial charge < -0.3 is 10.1 Å². The van der Waals surface area contributed by atoms with Crippen LogP contribution in [0.15, 0.2) is 48.5 Å². The van der Waals surface area contributed by atoms with E-state index in [1.54, 1.807) is 6.07 Å². The Morgan fingerprint density at radius 2 is 1.80 bits per heavy atom. The number of nitrogens with one attached hydrogen (secondary N) is 1. The first-order chi connectivity index (χ1) is 9.53. The maximum Gasteiger partial charge on any atom is 0.167 e. The zero-order valence-electron chi connectivity index (χ0n) is 12.1. The highest BCUT2D eigenvalue weighted by molar-refractivity contribution is 5.48. The van der Waals surface area contributed by atoms with Crippen molar-refractivity contribution in [2.24, 2.45) is 0 Å². The Morgan fingerprint density at radius 1 is 1.10 bits per heavy atom. The first-order valence-corrected chi connectivity index (χ1v) is 6.66. The average molecular weight is 273 g/mol. The zero-order chi connectivity index (χ0) is 14.6. The predicted octanol–water partition coefficient (Wildman–Crippen LogP) is 4.22. The smallest absolute Gasteiger partial charge is 0.167 e. The molecule has 0 aliphatic carbocycles. The predicted molar refractivity (Wildman–Crippen MR) is 80.9 cm³/mol. The molecule has 0 aliphatic heterocycles. The minimum Gasteiger partial charge on any atom is -0.494 e. The molecule has 3 heteroatoms. The van der Waals surface area contributed by atoms with Crippen molar-refractivity contribution in [3.05, 3.63) is 59.9 Å². The molecule has 0 bridgehead atoms. The van der Waals surface area contributed by atoms with E-state index >= 15 is 0 Å². The maximum atomic E-state index is 13.6. The lowest BCUT2D eigenvalue weighted by molar-refractivity contribution is 0.386. The minimum absolute atomic E-state index is 0.0301. The van der Waals surface area contributed by atoms with Crippen molar-refractivity contribution in [2.75, 3.05) is 19.0 Å². The summed E-state index contributed by atoms with van der Waals surface area (Å²) in [6, 6.07) is 15.2. The van der Waals surface area contributed by atoms with Gasteiger partial charge in [0.2, 0.25) is 0 Å². The van der Waals surface area contributed by atoms with Crippen molar-refractivity contribution in [1.82, 2.24) is 0 Å². The van der Waals surface area contributed by atoms with Gasteiger partial charge >= 0.3 is 0 Å². The summed E-state index contributed by atoms with van der Waals surface area (Å²) in [6.07, 6.45) is 0. The van der Waals surface area contributed by atoms with Crippen LogP contribution in [0.2, 0.25) is 0 Å². The Hall–Kier alpha value is -2.03. The van der Waals surface area contributed by atoms with Gasteiger partial charge in [-0.2, -0.15) is 0 Å². The molecule has 2 nitrogen and oxygen atoms in total. The van der Waals surface area contributed by atoms with Crippen molar-refractivity contribution in [2.45, 2.75) is 19.3 Å². The second-order valence-electron chi connectivity index (χ2n) is 5.45. The summed E-state index contributed by atoms with van der Waals surface area (Å²) < 4.78 is 18.5. The fourth-order valence-corrected chi connectivity index (χ4v) is 2.09. The molecule has 0 amide bonds. The number of methoxy groups -OCH3 is 1. The van der Waals surface area contributed by atoms with Crippen molar-refractivity contribution in [3.8, 4) is 5.75 Å². The van der Waals surface area contributed by atoms with E-state index in [1.165, 1.54) is 18.7 Å². The molecule has 1 N–H and O–H groups in total. The van der Waals surface area contributed by atoms with Crippen molar-refractivity contribution in [1.29, 1.82) is 0 Å². The number of hydrogen-bond acceptors (Lipinski definition) is 2. The Balaban J connectivity index is 2.06. The molecule has 0 atom stereocenters. The van der Waals surface area contributed by atoms with Crippen molar-refractivity contribution >= 4 is 5.69 Å². The van der Waals surface area contributed by atoms with E-state index in [4.69, 9.17) is 4.74 Å². The molecule has 0 saturated heterocycles. The Labute approximate surface area is 119 Å². The van der Waals surface area contributed by atoms with Gasteiger partial charge in [0, 0.05) is 23.7 Å². The Morgan fingerprint density at radius 3 is 2.40 bits per heavy atom. The molecule has 0 heterocycles. The summed E-state index contributed by atoms with van der Waals surface area (Å²) >= 11 is 0. The highest BCUT2D eigenvalue weighted by atomic mass is 19.1. The molecule has 0 radical (unpaired) electrons. The summed E-state index contributed by atoms with van der Waals surface area (Å²) in [5.41, 5.74) is 1.98. The van der Waals surface area contributed by atoms with E-state index in [1.807, 2.05) is 24.3 Å². The molecule has 0 unspecified atom stereocenters. The summed E-state index contributed by atoms with van der Waals surface area (Å²) in [4.78, 5) is 0. The van der Waals surface area contributed by atoms with Gasteiger partial charge in [-0.15, -0.1) is 0 Å². The quantitative estimate of drug-likeness (QED) is 0.880. The van der Waals surface area contributed by atoms with Gasteiger partial charge in [-0.3, -0.25) is 0 Å². The number of halogens is 1. The van der Waals surface area contributed by atoms with Gasteiger partial charge in [-0.05, 0) is 17.7 Å². The molecule has 0 aromatic heterocycles. The molecule has 2 aromatic rings. The maximum absolute atomic E-state index is 13.6. The normalized spacial score (nSPS) is 11.2. The summed E-state index contributed by atoms with van der Waals surface area (Å²) in [6.45, 7) is 5.05. The molecule has 0 saturated carbocycles. The summed E-state index contributed by atoms with van der Waals surface area (Å²) in [5.74, 6) is -0.0899. The summed E-state index contributed by atoms with van der Waals surface area (Å²) in [5, 5.41) is 3.28. The lowest BCUT2D eigenvalue weighted by Crippen LogP contribution is -2.27. The van der Waals surface area contributed by atoms with Crippen LogP contribution in [-0.2, 0) is 5.41 Å². The summed E-state index contributed by atoms with van der Waals surface area (Å²) in [7, 11) is 1.46. The standard InChI is InChI=1S/C17H20FNO/c1-17(2,13-7-5-4-6-8-13)12-19-14-9-10-16(20-3)15(18)11-14/h4-11,19H,12H2,1-3H3.